The van der Waals surface area contributed by atoms with Gasteiger partial charge in [0.2, 0.25) is 0 Å². The molecule has 0 aromatic heterocycles. The Labute approximate surface area is 97.7 Å². The number of rotatable bonds is 2. The lowest BCUT2D eigenvalue weighted by Gasteiger charge is -2.06. The SMILES string of the molecule is Cc1cc(CCl)cc(C#N)c1S(=O)(=O)Cl. The molecule has 1 aromatic carbocycles. The van der Waals surface area contributed by atoms with Gasteiger partial charge in [0.1, 0.15) is 11.0 Å². The minimum Gasteiger partial charge on any atom is -0.207 e. The number of aryl methyl sites for hydroxylation is 1. The minimum atomic E-state index is -3.89. The van der Waals surface area contributed by atoms with Crippen LogP contribution < -0.4 is 0 Å². The molecule has 0 spiro atoms. The Bertz CT molecular complexity index is 532. The molecule has 80 valence electrons. The second-order valence-corrected chi connectivity index (χ2v) is 5.74. The topological polar surface area (TPSA) is 57.9 Å². The molecule has 0 aliphatic carbocycles. The molecule has 0 saturated carbocycles. The summed E-state index contributed by atoms with van der Waals surface area (Å²) in [5.74, 6) is 0.220. The first kappa shape index (κ1) is 12.3. The molecule has 0 unspecified atom stereocenters. The predicted octanol–water partition coefficient (Wildman–Crippen LogP) is 2.53. The summed E-state index contributed by atoms with van der Waals surface area (Å²) >= 11 is 5.60. The van der Waals surface area contributed by atoms with Gasteiger partial charge in [-0.15, -0.1) is 11.6 Å². The van der Waals surface area contributed by atoms with Gasteiger partial charge in [-0.1, -0.05) is 6.07 Å². The summed E-state index contributed by atoms with van der Waals surface area (Å²) in [5.41, 5.74) is 1.15. The molecular weight excluding hydrogens is 257 g/mol. The number of hydrogen-bond donors (Lipinski definition) is 0. The van der Waals surface area contributed by atoms with Crippen molar-refractivity contribution in [2.24, 2.45) is 0 Å². The average Bonchev–Trinajstić information content (AvgIpc) is 2.14. The van der Waals surface area contributed by atoms with E-state index in [1.165, 1.54) is 6.07 Å². The van der Waals surface area contributed by atoms with Gasteiger partial charge in [-0.2, -0.15) is 5.26 Å². The highest BCUT2D eigenvalue weighted by atomic mass is 35.7. The van der Waals surface area contributed by atoms with Crippen LogP contribution in [-0.4, -0.2) is 8.42 Å². The van der Waals surface area contributed by atoms with Crippen LogP contribution >= 0.6 is 22.3 Å². The van der Waals surface area contributed by atoms with E-state index < -0.39 is 9.05 Å². The summed E-state index contributed by atoms with van der Waals surface area (Å²) in [6.07, 6.45) is 0. The highest BCUT2D eigenvalue weighted by molar-refractivity contribution is 8.13. The molecule has 0 fully saturated rings. The largest absolute Gasteiger partial charge is 0.262 e. The maximum absolute atomic E-state index is 11.2. The zero-order valence-corrected chi connectivity index (χ0v) is 10.1. The molecule has 0 heterocycles. The molecule has 3 nitrogen and oxygen atoms in total. The summed E-state index contributed by atoms with van der Waals surface area (Å²) in [4.78, 5) is -0.138. The zero-order chi connectivity index (χ0) is 11.6. The van der Waals surface area contributed by atoms with Crippen LogP contribution in [0.5, 0.6) is 0 Å². The molecule has 0 aliphatic heterocycles. The molecule has 6 heteroatoms. The number of halogens is 2. The van der Waals surface area contributed by atoms with E-state index in [0.717, 1.165) is 0 Å². The minimum absolute atomic E-state index is 0.0284. The maximum atomic E-state index is 11.2. The summed E-state index contributed by atoms with van der Waals surface area (Å²) in [6, 6.07) is 4.82. The average molecular weight is 264 g/mol. The number of alkyl halides is 1. The van der Waals surface area contributed by atoms with Crippen LogP contribution in [0.15, 0.2) is 17.0 Å². The fourth-order valence-corrected chi connectivity index (χ4v) is 2.91. The normalized spacial score (nSPS) is 11.1. The second kappa shape index (κ2) is 4.40. The van der Waals surface area contributed by atoms with Crippen molar-refractivity contribution in [2.75, 3.05) is 0 Å². The van der Waals surface area contributed by atoms with Gasteiger partial charge in [0, 0.05) is 16.6 Å². The lowest BCUT2D eigenvalue weighted by Crippen LogP contribution is -2.00. The van der Waals surface area contributed by atoms with Crippen molar-refractivity contribution in [3.05, 3.63) is 28.8 Å². The van der Waals surface area contributed by atoms with Crippen LogP contribution in [0.3, 0.4) is 0 Å². The number of nitriles is 1. The fourth-order valence-electron chi connectivity index (χ4n) is 1.33. The van der Waals surface area contributed by atoms with Crippen molar-refractivity contribution in [2.45, 2.75) is 17.7 Å². The standard InChI is InChI=1S/C9H7Cl2NO2S/c1-6-2-7(4-10)3-8(5-12)9(6)15(11,13)14/h2-3H,4H2,1H3. The molecule has 0 bridgehead atoms. The molecular formula is C9H7Cl2NO2S. The summed E-state index contributed by atoms with van der Waals surface area (Å²) in [5, 5.41) is 8.81. The Morgan fingerprint density at radius 2 is 2.07 bits per heavy atom. The van der Waals surface area contributed by atoms with Gasteiger partial charge < -0.3 is 0 Å². The van der Waals surface area contributed by atoms with Crippen LogP contribution in [0.25, 0.3) is 0 Å². The van der Waals surface area contributed by atoms with Gasteiger partial charge in [-0.25, -0.2) is 8.42 Å². The predicted molar refractivity (Wildman–Crippen MR) is 58.5 cm³/mol. The van der Waals surface area contributed by atoms with Crippen molar-refractivity contribution in [1.82, 2.24) is 0 Å². The van der Waals surface area contributed by atoms with Crippen molar-refractivity contribution in [3.63, 3.8) is 0 Å². The quantitative estimate of drug-likeness (QED) is 0.609. The molecule has 0 aliphatic rings. The van der Waals surface area contributed by atoms with Gasteiger partial charge >= 0.3 is 0 Å². The molecule has 15 heavy (non-hydrogen) atoms. The summed E-state index contributed by atoms with van der Waals surface area (Å²) in [6.45, 7) is 1.58. The van der Waals surface area contributed by atoms with E-state index >= 15 is 0 Å². The van der Waals surface area contributed by atoms with E-state index in [9.17, 15) is 8.42 Å². The monoisotopic (exact) mass is 263 g/mol. The molecule has 0 radical (unpaired) electrons. The highest BCUT2D eigenvalue weighted by Crippen LogP contribution is 2.25. The molecule has 1 rings (SSSR count). The van der Waals surface area contributed by atoms with E-state index in [0.29, 0.717) is 11.1 Å². The first-order chi connectivity index (χ1) is 6.90. The van der Waals surface area contributed by atoms with E-state index in [4.69, 9.17) is 27.5 Å². The van der Waals surface area contributed by atoms with Crippen molar-refractivity contribution < 1.29 is 8.42 Å². The molecule has 1 aromatic rings. The molecule has 0 amide bonds. The van der Waals surface area contributed by atoms with E-state index in [2.05, 4.69) is 0 Å². The smallest absolute Gasteiger partial charge is 0.207 e. The van der Waals surface area contributed by atoms with Gasteiger partial charge in [-0.3, -0.25) is 0 Å². The Morgan fingerprint density at radius 3 is 2.47 bits per heavy atom. The van der Waals surface area contributed by atoms with Gasteiger partial charge in [-0.05, 0) is 24.1 Å². The van der Waals surface area contributed by atoms with Crippen LogP contribution in [-0.2, 0) is 14.9 Å². The van der Waals surface area contributed by atoms with Gasteiger partial charge in [0.05, 0.1) is 5.56 Å². The van der Waals surface area contributed by atoms with E-state index in [1.54, 1.807) is 19.1 Å². The highest BCUT2D eigenvalue weighted by Gasteiger charge is 2.19. The summed E-state index contributed by atoms with van der Waals surface area (Å²) in [7, 11) is 1.34. The first-order valence-electron chi connectivity index (χ1n) is 3.94. The fraction of sp³-hybridized carbons (Fsp3) is 0.222. The van der Waals surface area contributed by atoms with Crippen molar-refractivity contribution in [1.29, 1.82) is 5.26 Å². The van der Waals surface area contributed by atoms with Crippen LogP contribution in [0.4, 0.5) is 0 Å². The van der Waals surface area contributed by atoms with Crippen molar-refractivity contribution >= 4 is 31.3 Å². The number of benzene rings is 1. The lowest BCUT2D eigenvalue weighted by molar-refractivity contribution is 0.609. The Hall–Kier alpha value is -0.760. The maximum Gasteiger partial charge on any atom is 0.262 e. The Kier molecular flexibility index (Phi) is 3.61. The van der Waals surface area contributed by atoms with E-state index in [1.807, 2.05) is 0 Å². The second-order valence-electron chi connectivity index (χ2n) is 2.97. The van der Waals surface area contributed by atoms with Crippen molar-refractivity contribution in [3.8, 4) is 6.07 Å². The van der Waals surface area contributed by atoms with Crippen LogP contribution in [0.2, 0.25) is 0 Å². The Morgan fingerprint density at radius 1 is 1.47 bits per heavy atom. The molecule has 0 saturated heterocycles. The Balaban J connectivity index is 3.61. The zero-order valence-electron chi connectivity index (χ0n) is 7.79. The van der Waals surface area contributed by atoms with Gasteiger partial charge in [0.15, 0.2) is 0 Å². The van der Waals surface area contributed by atoms with E-state index in [-0.39, 0.29) is 16.3 Å². The third kappa shape index (κ3) is 2.63. The lowest BCUT2D eigenvalue weighted by atomic mass is 10.1. The summed E-state index contributed by atoms with van der Waals surface area (Å²) < 4.78 is 22.4. The first-order valence-corrected chi connectivity index (χ1v) is 6.78. The van der Waals surface area contributed by atoms with Crippen LogP contribution in [0, 0.1) is 18.3 Å². The molecule has 0 N–H and O–H groups in total. The molecule has 0 atom stereocenters. The number of nitrogens with zero attached hydrogens (tertiary/aromatic N) is 1. The number of hydrogen-bond acceptors (Lipinski definition) is 3. The van der Waals surface area contributed by atoms with Crippen LogP contribution in [0.1, 0.15) is 16.7 Å². The third-order valence-corrected chi connectivity index (χ3v) is 3.65. The van der Waals surface area contributed by atoms with Gasteiger partial charge in [0.25, 0.3) is 9.05 Å². The third-order valence-electron chi connectivity index (χ3n) is 1.85.